The highest BCUT2D eigenvalue weighted by atomic mass is 32.2. The van der Waals surface area contributed by atoms with Gasteiger partial charge in [0, 0.05) is 45.1 Å². The number of alkyl halides is 2. The molecule has 0 radical (unpaired) electrons. The molecule has 2 aromatic heterocycles. The maximum absolute atomic E-state index is 13.9. The number of carbonyl (C=O) groups is 2. The topological polar surface area (TPSA) is 173 Å². The van der Waals surface area contributed by atoms with Crippen molar-refractivity contribution in [2.75, 3.05) is 58.4 Å². The largest absolute Gasteiger partial charge is 0.463 e. The zero-order chi connectivity index (χ0) is 34.3. The number of esters is 1. The lowest BCUT2D eigenvalue weighted by molar-refractivity contribution is -0.145. The molecular formula is C32H41F2N7O6S. The van der Waals surface area contributed by atoms with Gasteiger partial charge in [-0.25, -0.2) is 27.2 Å². The Morgan fingerprint density at radius 3 is 2.40 bits per heavy atom. The van der Waals surface area contributed by atoms with Gasteiger partial charge < -0.3 is 30.0 Å². The van der Waals surface area contributed by atoms with Gasteiger partial charge in [0.25, 0.3) is 11.8 Å². The number of hydrogen-bond acceptors (Lipinski definition) is 11. The fourth-order valence-corrected chi connectivity index (χ4v) is 7.05. The molecule has 0 bridgehead atoms. The second-order valence-corrected chi connectivity index (χ2v) is 15.2. The summed E-state index contributed by atoms with van der Waals surface area (Å²) in [5.74, 6) is -4.03. The van der Waals surface area contributed by atoms with Crippen LogP contribution in [0.5, 0.6) is 0 Å². The van der Waals surface area contributed by atoms with E-state index in [-0.39, 0.29) is 50.0 Å². The molecular weight excluding hydrogens is 648 g/mol. The molecule has 1 aromatic carbocycles. The number of pyridine rings is 1. The number of amides is 1. The molecule has 3 fully saturated rings. The van der Waals surface area contributed by atoms with Crippen LogP contribution in [0.3, 0.4) is 0 Å². The average Bonchev–Trinajstić information content (AvgIpc) is 3.61. The summed E-state index contributed by atoms with van der Waals surface area (Å²) in [6.07, 6.45) is 4.91. The number of ether oxygens (including phenoxy) is 1. The van der Waals surface area contributed by atoms with Crippen LogP contribution in [0.25, 0.3) is 11.1 Å². The van der Waals surface area contributed by atoms with Crippen LogP contribution < -0.4 is 25.6 Å². The third-order valence-corrected chi connectivity index (χ3v) is 10.8. The van der Waals surface area contributed by atoms with E-state index >= 15 is 0 Å². The Balaban J connectivity index is 1.21. The summed E-state index contributed by atoms with van der Waals surface area (Å²) in [6, 6.07) is 5.38. The fourth-order valence-electron chi connectivity index (χ4n) is 6.16. The third-order valence-electron chi connectivity index (χ3n) is 9.56. The molecule has 16 heteroatoms. The number of sulfonamides is 1. The number of carbonyl (C=O) groups excluding carboxylic acids is 2. The van der Waals surface area contributed by atoms with Crippen molar-refractivity contribution in [2.24, 2.45) is 17.1 Å². The molecule has 4 heterocycles. The number of oxazole rings is 1. The number of aromatic nitrogens is 2. The number of nitrogens with two attached hydrogens (primary N) is 1. The summed E-state index contributed by atoms with van der Waals surface area (Å²) < 4.78 is 66.7. The second-order valence-electron chi connectivity index (χ2n) is 13.4. The summed E-state index contributed by atoms with van der Waals surface area (Å²) in [7, 11) is -3.92. The van der Waals surface area contributed by atoms with Gasteiger partial charge in [0.1, 0.15) is 29.7 Å². The molecule has 3 aromatic rings. The highest BCUT2D eigenvalue weighted by molar-refractivity contribution is 7.92. The number of nitrogens with one attached hydrogen (secondary N) is 2. The van der Waals surface area contributed by atoms with E-state index in [0.29, 0.717) is 46.7 Å². The SMILES string of the molecule is CC(C)[C@H](N)C(=O)OCCS(=O)(=O)Nc1ccc(C(=O)Nc2cc3ncoc3c(N3CCC(F)(F)CC3)n2)c(N2CCC3(CC2)CC3)c1. The van der Waals surface area contributed by atoms with E-state index in [1.165, 1.54) is 25.3 Å². The normalized spacial score (nSPS) is 19.4. The van der Waals surface area contributed by atoms with Crippen molar-refractivity contribution in [3.8, 4) is 0 Å². The van der Waals surface area contributed by atoms with Crippen LogP contribution in [-0.4, -0.2) is 80.8 Å². The van der Waals surface area contributed by atoms with Crippen LogP contribution in [0.4, 0.5) is 31.8 Å². The first kappa shape index (κ1) is 33.8. The molecule has 6 rings (SSSR count). The lowest BCUT2D eigenvalue weighted by Gasteiger charge is -2.35. The second kappa shape index (κ2) is 13.1. The molecule has 1 aliphatic carbocycles. The zero-order valence-electron chi connectivity index (χ0n) is 27.0. The predicted molar refractivity (Wildman–Crippen MR) is 177 cm³/mol. The first-order chi connectivity index (χ1) is 22.7. The number of nitrogens with zero attached hydrogens (tertiary/aromatic N) is 4. The third kappa shape index (κ3) is 7.64. The van der Waals surface area contributed by atoms with Gasteiger partial charge >= 0.3 is 5.97 Å². The number of anilines is 4. The quantitative estimate of drug-likeness (QED) is 0.244. The summed E-state index contributed by atoms with van der Waals surface area (Å²) in [4.78, 5) is 38.5. The van der Waals surface area contributed by atoms with Gasteiger partial charge in [-0.2, -0.15) is 0 Å². The average molecular weight is 690 g/mol. The number of piperidine rings is 2. The van der Waals surface area contributed by atoms with Crippen molar-refractivity contribution in [1.29, 1.82) is 0 Å². The highest BCUT2D eigenvalue weighted by Gasteiger charge is 2.44. The molecule has 2 saturated heterocycles. The molecule has 1 saturated carbocycles. The zero-order valence-corrected chi connectivity index (χ0v) is 27.8. The number of fused-ring (bicyclic) bond motifs is 1. The Hall–Kier alpha value is -4.05. The van der Waals surface area contributed by atoms with Crippen molar-refractivity contribution in [1.82, 2.24) is 9.97 Å². The maximum Gasteiger partial charge on any atom is 0.323 e. The van der Waals surface area contributed by atoms with Crippen molar-refractivity contribution < 1.29 is 35.9 Å². The van der Waals surface area contributed by atoms with Crippen LogP contribution in [0.15, 0.2) is 35.1 Å². The van der Waals surface area contributed by atoms with Gasteiger partial charge in [0.15, 0.2) is 17.8 Å². The molecule has 0 unspecified atom stereocenters. The van der Waals surface area contributed by atoms with E-state index in [1.54, 1.807) is 36.9 Å². The number of hydrogen-bond donors (Lipinski definition) is 3. The lowest BCUT2D eigenvalue weighted by Crippen LogP contribution is -2.39. The van der Waals surface area contributed by atoms with Crippen LogP contribution in [0, 0.1) is 11.3 Å². The summed E-state index contributed by atoms with van der Waals surface area (Å²) in [6.45, 7) is 4.72. The Bertz CT molecular complexity index is 1780. The molecule has 2 aliphatic heterocycles. The molecule has 48 heavy (non-hydrogen) atoms. The van der Waals surface area contributed by atoms with E-state index < -0.39 is 39.6 Å². The van der Waals surface area contributed by atoms with Crippen LogP contribution in [0.2, 0.25) is 0 Å². The Labute approximate surface area is 277 Å². The van der Waals surface area contributed by atoms with Crippen molar-refractivity contribution >= 4 is 56.0 Å². The van der Waals surface area contributed by atoms with Gasteiger partial charge in [0.05, 0.1) is 16.9 Å². The smallest absolute Gasteiger partial charge is 0.323 e. The molecule has 13 nitrogen and oxygen atoms in total. The monoisotopic (exact) mass is 689 g/mol. The predicted octanol–water partition coefficient (Wildman–Crippen LogP) is 4.36. The standard InChI is InChI=1S/C32H41F2N7O6S/c1-20(2)26(35)30(43)46-15-16-48(44,45)39-21-3-4-22(24(17-21)40-11-7-31(5-6-31)8-12-40)29(42)38-25-18-23-27(47-19-36-23)28(37-25)41-13-9-32(33,34)10-14-41/h3-4,17-20,26,39H,5-16,35H2,1-2H3,(H,37,38,42)/t26-/m0/s1. The maximum atomic E-state index is 13.9. The minimum absolute atomic E-state index is 0.0685. The summed E-state index contributed by atoms with van der Waals surface area (Å²) in [5, 5.41) is 2.84. The van der Waals surface area contributed by atoms with Gasteiger partial charge in [0.2, 0.25) is 10.0 Å². The Morgan fingerprint density at radius 2 is 1.73 bits per heavy atom. The van der Waals surface area contributed by atoms with E-state index in [2.05, 4.69) is 24.9 Å². The fraction of sp³-hybridized carbons (Fsp3) is 0.562. The highest BCUT2D eigenvalue weighted by Crippen LogP contribution is 2.54. The number of rotatable bonds is 11. The molecule has 4 N–H and O–H groups in total. The van der Waals surface area contributed by atoms with Gasteiger partial charge in [-0.3, -0.25) is 14.3 Å². The number of benzene rings is 1. The molecule has 1 spiro atoms. The minimum Gasteiger partial charge on any atom is -0.463 e. The minimum atomic E-state index is -3.92. The van der Waals surface area contributed by atoms with E-state index in [1.807, 2.05) is 0 Å². The van der Waals surface area contributed by atoms with Crippen molar-refractivity contribution in [3.63, 3.8) is 0 Å². The van der Waals surface area contributed by atoms with Crippen LogP contribution in [0.1, 0.15) is 62.7 Å². The lowest BCUT2D eigenvalue weighted by atomic mass is 9.93. The van der Waals surface area contributed by atoms with Crippen molar-refractivity contribution in [3.05, 3.63) is 36.2 Å². The Kier molecular flexibility index (Phi) is 9.24. The van der Waals surface area contributed by atoms with Gasteiger partial charge in [-0.05, 0) is 55.2 Å². The first-order valence-electron chi connectivity index (χ1n) is 16.2. The Morgan fingerprint density at radius 1 is 1.04 bits per heavy atom. The summed E-state index contributed by atoms with van der Waals surface area (Å²) >= 11 is 0. The van der Waals surface area contributed by atoms with E-state index in [4.69, 9.17) is 14.9 Å². The van der Waals surface area contributed by atoms with Crippen LogP contribution in [-0.2, 0) is 19.6 Å². The van der Waals surface area contributed by atoms with Gasteiger partial charge in [-0.15, -0.1) is 0 Å². The molecule has 260 valence electrons. The van der Waals surface area contributed by atoms with Crippen LogP contribution >= 0.6 is 0 Å². The van der Waals surface area contributed by atoms with Gasteiger partial charge in [-0.1, -0.05) is 13.8 Å². The molecule has 1 atom stereocenters. The first-order valence-corrected chi connectivity index (χ1v) is 17.9. The van der Waals surface area contributed by atoms with Crippen molar-refractivity contribution in [2.45, 2.75) is 64.3 Å². The number of halogens is 2. The summed E-state index contributed by atoms with van der Waals surface area (Å²) in [5.41, 5.74) is 8.02. The van der Waals surface area contributed by atoms with E-state index in [9.17, 15) is 26.8 Å². The van der Waals surface area contributed by atoms with E-state index in [0.717, 1.165) is 12.8 Å². The molecule has 1 amide bonds. The molecule has 3 aliphatic rings.